The lowest BCUT2D eigenvalue weighted by molar-refractivity contribution is -0.571. The summed E-state index contributed by atoms with van der Waals surface area (Å²) >= 11 is 0. The van der Waals surface area contributed by atoms with Crippen LogP contribution < -0.4 is 9.30 Å². The maximum atomic E-state index is 8.80. The Labute approximate surface area is 572 Å². The van der Waals surface area contributed by atoms with Crippen LogP contribution in [0.5, 0.6) is 11.5 Å². The molecule has 480 valence electrons. The van der Waals surface area contributed by atoms with E-state index < -0.39 is 37.1 Å². The van der Waals surface area contributed by atoms with E-state index in [1.807, 2.05) is 59.2 Å². The molecule has 12 aromatic rings. The van der Waals surface area contributed by atoms with E-state index in [9.17, 15) is 0 Å². The summed E-state index contributed by atoms with van der Waals surface area (Å²) in [5.74, 6) is 1.33. The highest BCUT2D eigenvalue weighted by Crippen LogP contribution is 2.46. The summed E-state index contributed by atoms with van der Waals surface area (Å²) in [4.78, 5) is 4.84. The van der Waals surface area contributed by atoms with Crippen LogP contribution in [0.2, 0.25) is 0 Å². The molecule has 0 radical (unpaired) electrons. The standard InChI is InChI=1S/C89H98N4O/c1-56-39-81(90-54-76(56)57-29-24-23-25-30-57)93-77-34-27-26-33-72(77)73-37-36-71(53-79(73)93)94-70-32-28-31-69(52-70)91-55-92(78-38-35-58(46-80(78)91)59-40-62(83(2,3)4)47-63(41-59)84(5,6)7)82-74(60-42-64(85(8,9)10)48-65(43-60)86(11,12)13)50-68(89(20,21)22)51-75(82)61-44-66(87(14,15)16)49-67(45-61)88(17,18)19/h23-54H,1-22H3/i1D3,23D,24D,25D,29D,30D. The van der Waals surface area contributed by atoms with Gasteiger partial charge in [-0.2, -0.15) is 0 Å². The van der Waals surface area contributed by atoms with Crippen LogP contribution in [0.3, 0.4) is 0 Å². The molecule has 0 spiro atoms. The van der Waals surface area contributed by atoms with Gasteiger partial charge in [-0.25, -0.2) is 4.98 Å². The summed E-state index contributed by atoms with van der Waals surface area (Å²) in [5.41, 5.74) is 19.0. The summed E-state index contributed by atoms with van der Waals surface area (Å²) in [6, 6.07) is 53.9. The van der Waals surface area contributed by atoms with Crippen LogP contribution in [0.25, 0.3) is 94.5 Å². The number of para-hydroxylation sites is 1. The topological polar surface area (TPSA) is 35.9 Å². The van der Waals surface area contributed by atoms with Gasteiger partial charge in [0.25, 0.3) is 6.33 Å². The Balaban J connectivity index is 1.12. The fourth-order valence-electron chi connectivity index (χ4n) is 12.6. The van der Waals surface area contributed by atoms with Crippen molar-refractivity contribution in [2.24, 2.45) is 0 Å². The zero-order valence-electron chi connectivity index (χ0n) is 67.3. The molecule has 5 heteroatoms. The van der Waals surface area contributed by atoms with Gasteiger partial charge >= 0.3 is 0 Å². The molecule has 0 aliphatic rings. The SMILES string of the molecule is [2H]c1c([2H])c([2H])c(-c2cnc(-n3c4ccccc4c4ccc(Oc5cccc(-n6[c-][n+](-c7c(-c8cc(C(C)(C)C)cc(C(C)(C)C)c8)cc(C(C)(C)C)cc7-c7cc(C(C)(C)C)cc(C(C)(C)C)c7)c7ccc(-c8cc(C(C)(C)C)cc(C(C)(C)C)c8)cc76)c5)cc43)cc2C([2H])([2H])[2H])c([2H])c1[2H]. The van der Waals surface area contributed by atoms with Gasteiger partial charge in [0.2, 0.25) is 0 Å². The molecule has 3 aromatic heterocycles. The third-order valence-corrected chi connectivity index (χ3v) is 18.7. The second-order valence-electron chi connectivity index (χ2n) is 33.3. The van der Waals surface area contributed by atoms with Crippen molar-refractivity contribution in [1.29, 1.82) is 0 Å². The van der Waals surface area contributed by atoms with Crippen molar-refractivity contribution in [2.45, 2.75) is 190 Å². The van der Waals surface area contributed by atoms with Gasteiger partial charge in [-0.05, 0) is 177 Å². The molecule has 0 aliphatic carbocycles. The van der Waals surface area contributed by atoms with Crippen LogP contribution in [0.4, 0.5) is 0 Å². The molecule has 0 saturated carbocycles. The molecule has 0 aliphatic heterocycles. The Morgan fingerprint density at radius 3 is 1.41 bits per heavy atom. The number of hydrogen-bond donors (Lipinski definition) is 0. The highest BCUT2D eigenvalue weighted by Gasteiger charge is 2.31. The molecule has 94 heavy (non-hydrogen) atoms. The first kappa shape index (κ1) is 55.6. The predicted molar refractivity (Wildman–Crippen MR) is 400 cm³/mol. The van der Waals surface area contributed by atoms with E-state index in [2.05, 4.69) is 258 Å². The molecule has 12 rings (SSSR count). The van der Waals surface area contributed by atoms with Crippen LogP contribution >= 0.6 is 0 Å². The zero-order chi connectivity index (χ0) is 74.4. The Hall–Kier alpha value is -8.80. The third-order valence-electron chi connectivity index (χ3n) is 18.7. The third kappa shape index (κ3) is 12.8. The lowest BCUT2D eigenvalue weighted by Crippen LogP contribution is -2.32. The van der Waals surface area contributed by atoms with E-state index in [4.69, 9.17) is 20.7 Å². The minimum absolute atomic E-state index is 0.0697. The van der Waals surface area contributed by atoms with Gasteiger partial charge in [-0.3, -0.25) is 13.7 Å². The molecular formula is C89H98N4O. The number of imidazole rings is 1. The normalized spacial score (nSPS) is 14.4. The number of ether oxygens (including phenoxy) is 1. The number of rotatable bonds is 9. The van der Waals surface area contributed by atoms with Gasteiger partial charge in [-0.15, -0.1) is 0 Å². The minimum atomic E-state index is -2.77. The van der Waals surface area contributed by atoms with Crippen LogP contribution in [-0.4, -0.2) is 14.1 Å². The predicted octanol–water partition coefficient (Wildman–Crippen LogP) is 24.1. The van der Waals surface area contributed by atoms with E-state index in [-0.39, 0.29) is 60.4 Å². The number of aryl methyl sites for hydroxylation is 1. The number of nitrogens with zero attached hydrogens (tertiary/aromatic N) is 4. The van der Waals surface area contributed by atoms with E-state index >= 15 is 0 Å². The van der Waals surface area contributed by atoms with Crippen LogP contribution in [0.1, 0.15) is 201 Å². The Morgan fingerprint density at radius 2 is 0.894 bits per heavy atom. The average Bonchev–Trinajstić information content (AvgIpc) is 1.46. The molecule has 0 saturated heterocycles. The molecular weight excluding hydrogens is 1140 g/mol. The fourth-order valence-corrected chi connectivity index (χ4v) is 12.6. The second-order valence-corrected chi connectivity index (χ2v) is 33.3. The molecule has 0 unspecified atom stereocenters. The minimum Gasteiger partial charge on any atom is -0.458 e. The van der Waals surface area contributed by atoms with Crippen molar-refractivity contribution in [3.05, 3.63) is 245 Å². The smallest absolute Gasteiger partial charge is 0.269 e. The first-order chi connectivity index (χ1) is 47.2. The molecule has 0 fully saturated rings. The quantitative estimate of drug-likeness (QED) is 0.107. The molecule has 9 aromatic carbocycles. The van der Waals surface area contributed by atoms with E-state index in [0.717, 1.165) is 72.1 Å². The highest BCUT2D eigenvalue weighted by atomic mass is 16.5. The second kappa shape index (κ2) is 23.3. The van der Waals surface area contributed by atoms with Crippen molar-refractivity contribution in [1.82, 2.24) is 14.1 Å². The molecule has 0 atom stereocenters. The fraction of sp³-hybridized carbons (Fsp3) is 0.326. The van der Waals surface area contributed by atoms with Gasteiger partial charge in [0, 0.05) is 32.7 Å². The molecule has 5 nitrogen and oxygen atoms in total. The van der Waals surface area contributed by atoms with Gasteiger partial charge in [0.1, 0.15) is 17.3 Å². The average molecular weight is 1250 g/mol. The summed E-state index contributed by atoms with van der Waals surface area (Å²) in [6.07, 6.45) is 5.42. The van der Waals surface area contributed by atoms with Crippen molar-refractivity contribution >= 4 is 32.8 Å². The van der Waals surface area contributed by atoms with Crippen LogP contribution in [-0.2, 0) is 37.9 Å². The van der Waals surface area contributed by atoms with Gasteiger partial charge in [-0.1, -0.05) is 279 Å². The van der Waals surface area contributed by atoms with Gasteiger partial charge < -0.3 is 4.74 Å². The number of fused-ring (bicyclic) bond motifs is 4. The first-order valence-electron chi connectivity index (χ1n) is 37.2. The van der Waals surface area contributed by atoms with Crippen molar-refractivity contribution in [3.63, 3.8) is 0 Å². The van der Waals surface area contributed by atoms with E-state index in [0.29, 0.717) is 17.0 Å². The lowest BCUT2D eigenvalue weighted by atomic mass is 9.76. The summed E-state index contributed by atoms with van der Waals surface area (Å²) in [6.45, 7) is 45.6. The zero-order valence-corrected chi connectivity index (χ0v) is 59.3. The summed E-state index contributed by atoms with van der Waals surface area (Å²) < 4.78 is 82.5. The van der Waals surface area contributed by atoms with Crippen molar-refractivity contribution < 1.29 is 20.3 Å². The monoisotopic (exact) mass is 1250 g/mol. The number of hydrogen-bond acceptors (Lipinski definition) is 2. The maximum absolute atomic E-state index is 8.80. The molecule has 3 heterocycles. The van der Waals surface area contributed by atoms with Crippen LogP contribution in [0, 0.1) is 13.2 Å². The molecule has 0 amide bonds. The number of aromatic nitrogens is 4. The lowest BCUT2D eigenvalue weighted by Gasteiger charge is -2.30. The summed E-state index contributed by atoms with van der Waals surface area (Å²) in [5, 5.41) is 1.76. The molecule has 0 N–H and O–H groups in total. The van der Waals surface area contributed by atoms with E-state index in [1.54, 1.807) is 0 Å². The van der Waals surface area contributed by atoms with Crippen molar-refractivity contribution in [2.75, 3.05) is 0 Å². The Kier molecular flexibility index (Phi) is 13.8. The largest absolute Gasteiger partial charge is 0.458 e. The van der Waals surface area contributed by atoms with E-state index in [1.165, 1.54) is 51.2 Å². The number of benzene rings is 9. The van der Waals surface area contributed by atoms with Crippen LogP contribution in [0.15, 0.2) is 194 Å². The Bertz CT molecular complexity index is 5120. The summed E-state index contributed by atoms with van der Waals surface area (Å²) in [7, 11) is 0. The van der Waals surface area contributed by atoms with Gasteiger partial charge in [0.05, 0.1) is 40.3 Å². The molecule has 0 bridgehead atoms. The van der Waals surface area contributed by atoms with Crippen molar-refractivity contribution in [3.8, 4) is 73.2 Å². The highest BCUT2D eigenvalue weighted by molar-refractivity contribution is 6.09. The Morgan fingerprint density at radius 1 is 0.404 bits per heavy atom. The first-order valence-corrected chi connectivity index (χ1v) is 33.2. The van der Waals surface area contributed by atoms with Gasteiger partial charge in [0.15, 0.2) is 0 Å². The number of pyridine rings is 1. The maximum Gasteiger partial charge on any atom is 0.269 e.